The maximum atomic E-state index is 11.9. The van der Waals surface area contributed by atoms with Crippen LogP contribution >= 0.6 is 0 Å². The SMILES string of the molecule is COc1ccc(-c2nc(COC(=O)CCCc3nc(C(C)(C)C)no3)no2)cc1. The molecule has 0 amide bonds. The molecule has 2 heterocycles. The summed E-state index contributed by atoms with van der Waals surface area (Å²) in [4.78, 5) is 20.5. The Hall–Kier alpha value is -3.23. The molecule has 3 rings (SSSR count). The van der Waals surface area contributed by atoms with E-state index < -0.39 is 0 Å². The van der Waals surface area contributed by atoms with Crippen LogP contribution in [-0.4, -0.2) is 33.4 Å². The van der Waals surface area contributed by atoms with Crippen molar-refractivity contribution in [3.63, 3.8) is 0 Å². The lowest BCUT2D eigenvalue weighted by Gasteiger charge is -2.10. The number of hydrogen-bond donors (Lipinski definition) is 0. The Morgan fingerprint density at radius 1 is 1.07 bits per heavy atom. The minimum Gasteiger partial charge on any atom is -0.497 e. The molecule has 0 radical (unpaired) electrons. The molecule has 0 fully saturated rings. The number of hydrogen-bond acceptors (Lipinski definition) is 9. The first-order valence-corrected chi connectivity index (χ1v) is 9.31. The Morgan fingerprint density at radius 2 is 1.83 bits per heavy atom. The molecule has 0 bridgehead atoms. The first-order chi connectivity index (χ1) is 13.8. The topological polar surface area (TPSA) is 113 Å². The van der Waals surface area contributed by atoms with Gasteiger partial charge in [0.15, 0.2) is 12.4 Å². The number of nitrogens with zero attached hydrogens (tertiary/aromatic N) is 4. The Bertz CT molecular complexity index is 940. The van der Waals surface area contributed by atoms with E-state index in [2.05, 4.69) is 20.3 Å². The van der Waals surface area contributed by atoms with Gasteiger partial charge in [0.25, 0.3) is 5.89 Å². The summed E-state index contributed by atoms with van der Waals surface area (Å²) >= 11 is 0. The van der Waals surface area contributed by atoms with Crippen LogP contribution in [0.25, 0.3) is 11.5 Å². The molecule has 0 aliphatic rings. The van der Waals surface area contributed by atoms with Gasteiger partial charge in [-0.3, -0.25) is 4.79 Å². The Morgan fingerprint density at radius 3 is 2.48 bits per heavy atom. The van der Waals surface area contributed by atoms with E-state index in [1.165, 1.54) is 0 Å². The van der Waals surface area contributed by atoms with Crippen LogP contribution in [0.2, 0.25) is 0 Å². The van der Waals surface area contributed by atoms with Crippen molar-refractivity contribution < 1.29 is 23.3 Å². The van der Waals surface area contributed by atoms with Crippen LogP contribution in [0.15, 0.2) is 33.3 Å². The molecule has 2 aromatic heterocycles. The van der Waals surface area contributed by atoms with E-state index in [0.29, 0.717) is 36.3 Å². The molecule has 154 valence electrons. The molecule has 0 aliphatic heterocycles. The minimum atomic E-state index is -0.351. The van der Waals surface area contributed by atoms with Crippen LogP contribution in [0.1, 0.15) is 51.2 Å². The van der Waals surface area contributed by atoms with Crippen LogP contribution in [0.3, 0.4) is 0 Å². The molecule has 0 aliphatic carbocycles. The first kappa shape index (κ1) is 20.5. The summed E-state index contributed by atoms with van der Waals surface area (Å²) in [5.74, 6) is 2.21. The summed E-state index contributed by atoms with van der Waals surface area (Å²) in [7, 11) is 1.60. The Balaban J connectivity index is 1.42. The van der Waals surface area contributed by atoms with Gasteiger partial charge in [-0.05, 0) is 30.7 Å². The normalized spacial score (nSPS) is 11.4. The molecule has 0 saturated carbocycles. The van der Waals surface area contributed by atoms with Gasteiger partial charge in [-0.15, -0.1) is 0 Å². The second-order valence-corrected chi connectivity index (χ2v) is 7.52. The number of benzene rings is 1. The quantitative estimate of drug-likeness (QED) is 0.524. The fourth-order valence-electron chi connectivity index (χ4n) is 2.43. The monoisotopic (exact) mass is 400 g/mol. The van der Waals surface area contributed by atoms with Crippen LogP contribution in [0.4, 0.5) is 0 Å². The number of rotatable bonds is 8. The molecular formula is C20H24N4O5. The van der Waals surface area contributed by atoms with E-state index >= 15 is 0 Å². The molecule has 29 heavy (non-hydrogen) atoms. The summed E-state index contributed by atoms with van der Waals surface area (Å²) in [6.07, 6.45) is 1.30. The zero-order valence-corrected chi connectivity index (χ0v) is 17.0. The van der Waals surface area contributed by atoms with Gasteiger partial charge in [-0.1, -0.05) is 31.1 Å². The third-order valence-corrected chi connectivity index (χ3v) is 4.08. The fourth-order valence-corrected chi connectivity index (χ4v) is 2.43. The maximum absolute atomic E-state index is 11.9. The highest BCUT2D eigenvalue weighted by atomic mass is 16.5. The smallest absolute Gasteiger partial charge is 0.306 e. The predicted octanol–water partition coefficient (Wildman–Crippen LogP) is 3.49. The second kappa shape index (κ2) is 8.85. The molecule has 9 heteroatoms. The van der Waals surface area contributed by atoms with E-state index in [4.69, 9.17) is 18.5 Å². The van der Waals surface area contributed by atoms with Crippen LogP contribution in [0, 0.1) is 0 Å². The summed E-state index contributed by atoms with van der Waals surface area (Å²) in [6.45, 7) is 5.98. The van der Waals surface area contributed by atoms with E-state index in [1.807, 2.05) is 32.9 Å². The van der Waals surface area contributed by atoms with Crippen molar-refractivity contribution in [1.82, 2.24) is 20.3 Å². The Labute approximate surface area is 168 Å². The maximum Gasteiger partial charge on any atom is 0.306 e. The summed E-state index contributed by atoms with van der Waals surface area (Å²) in [5, 5.41) is 7.79. The van der Waals surface area contributed by atoms with Crippen molar-refractivity contribution in [2.24, 2.45) is 0 Å². The van der Waals surface area contributed by atoms with Gasteiger partial charge in [0.05, 0.1) is 7.11 Å². The minimum absolute atomic E-state index is 0.0484. The largest absolute Gasteiger partial charge is 0.497 e. The number of esters is 1. The number of carbonyl (C=O) groups is 1. The van der Waals surface area contributed by atoms with Gasteiger partial charge in [-0.2, -0.15) is 9.97 Å². The highest BCUT2D eigenvalue weighted by molar-refractivity contribution is 5.69. The number of methoxy groups -OCH3 is 1. The highest BCUT2D eigenvalue weighted by Crippen LogP contribution is 2.21. The average molecular weight is 400 g/mol. The lowest BCUT2D eigenvalue weighted by atomic mass is 9.96. The van der Waals surface area contributed by atoms with Gasteiger partial charge < -0.3 is 18.5 Å². The lowest BCUT2D eigenvalue weighted by molar-refractivity contribution is -0.145. The molecule has 3 aromatic rings. The third kappa shape index (κ3) is 5.63. The molecule has 0 atom stereocenters. The summed E-state index contributed by atoms with van der Waals surface area (Å²) in [6, 6.07) is 7.22. The van der Waals surface area contributed by atoms with E-state index in [9.17, 15) is 4.79 Å². The number of carbonyl (C=O) groups excluding carboxylic acids is 1. The number of aromatic nitrogens is 4. The molecule has 0 unspecified atom stereocenters. The van der Waals surface area contributed by atoms with Gasteiger partial charge in [0.1, 0.15) is 5.75 Å². The number of aryl methyl sites for hydroxylation is 1. The molecular weight excluding hydrogens is 376 g/mol. The van der Waals surface area contributed by atoms with Crippen molar-refractivity contribution >= 4 is 5.97 Å². The van der Waals surface area contributed by atoms with Crippen molar-refractivity contribution in [2.75, 3.05) is 7.11 Å². The molecule has 1 aromatic carbocycles. The molecule has 9 nitrogen and oxygen atoms in total. The van der Waals surface area contributed by atoms with E-state index in [1.54, 1.807) is 19.2 Å². The van der Waals surface area contributed by atoms with Crippen molar-refractivity contribution in [1.29, 1.82) is 0 Å². The van der Waals surface area contributed by atoms with Crippen LogP contribution < -0.4 is 4.74 Å². The fraction of sp³-hybridized carbons (Fsp3) is 0.450. The number of ether oxygens (including phenoxy) is 2. The zero-order valence-electron chi connectivity index (χ0n) is 17.0. The van der Waals surface area contributed by atoms with Crippen LogP contribution in [-0.2, 0) is 28.0 Å². The van der Waals surface area contributed by atoms with Crippen molar-refractivity contribution in [3.05, 3.63) is 41.8 Å². The first-order valence-electron chi connectivity index (χ1n) is 9.31. The third-order valence-electron chi connectivity index (χ3n) is 4.08. The molecule has 0 spiro atoms. The predicted molar refractivity (Wildman–Crippen MR) is 102 cm³/mol. The highest BCUT2D eigenvalue weighted by Gasteiger charge is 2.21. The van der Waals surface area contributed by atoms with Gasteiger partial charge in [0.2, 0.25) is 11.7 Å². The molecule has 0 saturated heterocycles. The zero-order chi connectivity index (χ0) is 20.9. The summed E-state index contributed by atoms with van der Waals surface area (Å²) < 4.78 is 20.7. The Kier molecular flexibility index (Phi) is 6.26. The van der Waals surface area contributed by atoms with Crippen molar-refractivity contribution in [3.8, 4) is 17.2 Å². The molecule has 0 N–H and O–H groups in total. The van der Waals surface area contributed by atoms with Crippen LogP contribution in [0.5, 0.6) is 5.75 Å². The summed E-state index contributed by atoms with van der Waals surface area (Å²) in [5.41, 5.74) is 0.584. The second-order valence-electron chi connectivity index (χ2n) is 7.52. The lowest BCUT2D eigenvalue weighted by Crippen LogP contribution is -2.13. The standard InChI is InChI=1S/C20H24N4O5/c1-20(2,3)19-22-16(28-24-19)6-5-7-17(25)27-12-15-21-18(29-23-15)13-8-10-14(26-4)11-9-13/h8-11H,5-7,12H2,1-4H3. The van der Waals surface area contributed by atoms with E-state index in [0.717, 1.165) is 11.3 Å². The average Bonchev–Trinajstić information content (AvgIpc) is 3.36. The van der Waals surface area contributed by atoms with Gasteiger partial charge >= 0.3 is 5.97 Å². The van der Waals surface area contributed by atoms with Gasteiger partial charge in [0, 0.05) is 23.8 Å². The van der Waals surface area contributed by atoms with E-state index in [-0.39, 0.29) is 24.4 Å². The van der Waals surface area contributed by atoms with Crippen molar-refractivity contribution in [2.45, 2.75) is 52.1 Å². The van der Waals surface area contributed by atoms with Gasteiger partial charge in [-0.25, -0.2) is 0 Å².